The highest BCUT2D eigenvalue weighted by atomic mass is 16.7. The van der Waals surface area contributed by atoms with E-state index in [0.717, 1.165) is 5.56 Å². The highest BCUT2D eigenvalue weighted by molar-refractivity contribution is 5.45. The molecule has 46 heavy (non-hydrogen) atoms. The topological polar surface area (TPSA) is 95.8 Å². The summed E-state index contributed by atoms with van der Waals surface area (Å²) < 4.78 is 32.2. The van der Waals surface area contributed by atoms with Crippen molar-refractivity contribution in [3.8, 4) is 34.5 Å². The van der Waals surface area contributed by atoms with Crippen LogP contribution < -0.4 is 28.4 Å². The summed E-state index contributed by atoms with van der Waals surface area (Å²) in [7, 11) is 3.18. The maximum Gasteiger partial charge on any atom is 0.231 e. The van der Waals surface area contributed by atoms with Gasteiger partial charge in [0.05, 0.1) is 14.2 Å². The second kappa shape index (κ2) is 17.9. The van der Waals surface area contributed by atoms with Crippen LogP contribution in [0.5, 0.6) is 34.5 Å². The molecule has 1 heterocycles. The van der Waals surface area contributed by atoms with Crippen LogP contribution in [0, 0.1) is 13.8 Å². The quantitative estimate of drug-likeness (QED) is 0.183. The van der Waals surface area contributed by atoms with Crippen molar-refractivity contribution in [1.82, 2.24) is 0 Å². The molecule has 6 rings (SSSR count). The molecule has 2 N–H and O–H groups in total. The molecule has 2 atom stereocenters. The number of aliphatic hydroxyl groups is 2. The van der Waals surface area contributed by atoms with E-state index in [1.807, 2.05) is 67.6 Å². The molecule has 0 aromatic heterocycles. The lowest BCUT2D eigenvalue weighted by Crippen LogP contribution is -2.10. The molecule has 0 radical (unpaired) electrons. The summed E-state index contributed by atoms with van der Waals surface area (Å²) in [4.78, 5) is 0. The Balaban J connectivity index is 0.000000181. The van der Waals surface area contributed by atoms with Gasteiger partial charge >= 0.3 is 0 Å². The van der Waals surface area contributed by atoms with Crippen molar-refractivity contribution in [3.63, 3.8) is 0 Å². The second-order valence-electron chi connectivity index (χ2n) is 11.2. The van der Waals surface area contributed by atoms with Crippen molar-refractivity contribution < 1.29 is 38.6 Å². The van der Waals surface area contributed by atoms with Crippen LogP contribution in [0.15, 0.2) is 84.9 Å². The van der Waals surface area contributed by atoms with Gasteiger partial charge in [0, 0.05) is 0 Å². The third kappa shape index (κ3) is 10.1. The molecule has 246 valence electrons. The van der Waals surface area contributed by atoms with E-state index in [0.29, 0.717) is 40.1 Å². The molecule has 4 aromatic rings. The Hall–Kier alpha value is -4.40. The maximum atomic E-state index is 10.2. The lowest BCUT2D eigenvalue weighted by Gasteiger charge is -2.15. The van der Waals surface area contributed by atoms with Gasteiger partial charge in [-0.2, -0.15) is 0 Å². The first-order valence-electron chi connectivity index (χ1n) is 15.7. The molecule has 2 aliphatic rings. The van der Waals surface area contributed by atoms with E-state index in [4.69, 9.17) is 28.4 Å². The van der Waals surface area contributed by atoms with Crippen LogP contribution in [-0.4, -0.2) is 44.4 Å². The van der Waals surface area contributed by atoms with Gasteiger partial charge in [-0.15, -0.1) is 0 Å². The summed E-state index contributed by atoms with van der Waals surface area (Å²) in [5.74, 6) is 3.87. The zero-order chi connectivity index (χ0) is 32.7. The largest absolute Gasteiger partial charge is 0.493 e. The second-order valence-corrected chi connectivity index (χ2v) is 11.2. The molecular formula is C38H46O8. The van der Waals surface area contributed by atoms with Crippen molar-refractivity contribution in [2.75, 3.05) is 34.2 Å². The normalized spacial score (nSPS) is 14.1. The first kappa shape index (κ1) is 34.5. The van der Waals surface area contributed by atoms with Gasteiger partial charge in [0.1, 0.15) is 25.4 Å². The summed E-state index contributed by atoms with van der Waals surface area (Å²) in [5, 5.41) is 20.4. The molecule has 0 spiro atoms. The van der Waals surface area contributed by atoms with Crippen LogP contribution >= 0.6 is 0 Å². The summed E-state index contributed by atoms with van der Waals surface area (Å²) in [6, 6.07) is 26.0. The van der Waals surface area contributed by atoms with Crippen molar-refractivity contribution in [3.05, 3.63) is 107 Å². The number of aryl methyl sites for hydroxylation is 2. The Morgan fingerprint density at radius 3 is 1.52 bits per heavy atom. The van der Waals surface area contributed by atoms with Gasteiger partial charge in [0.2, 0.25) is 6.79 Å². The smallest absolute Gasteiger partial charge is 0.231 e. The van der Waals surface area contributed by atoms with Crippen LogP contribution in [-0.2, 0) is 0 Å². The van der Waals surface area contributed by atoms with Gasteiger partial charge < -0.3 is 38.6 Å². The van der Waals surface area contributed by atoms with Crippen molar-refractivity contribution in [1.29, 1.82) is 0 Å². The number of hydrogen-bond acceptors (Lipinski definition) is 8. The fourth-order valence-electron chi connectivity index (χ4n) is 4.98. The predicted molar refractivity (Wildman–Crippen MR) is 178 cm³/mol. The molecular weight excluding hydrogens is 584 g/mol. The number of fused-ring (bicyclic) bond motifs is 1. The summed E-state index contributed by atoms with van der Waals surface area (Å²) >= 11 is 0. The van der Waals surface area contributed by atoms with Gasteiger partial charge in [-0.25, -0.2) is 0 Å². The van der Waals surface area contributed by atoms with Gasteiger partial charge in [0.15, 0.2) is 34.5 Å². The van der Waals surface area contributed by atoms with Crippen LogP contribution in [0.1, 0.15) is 66.6 Å². The van der Waals surface area contributed by atoms with Crippen molar-refractivity contribution in [2.45, 2.75) is 58.2 Å². The summed E-state index contributed by atoms with van der Waals surface area (Å²) in [6.45, 7) is 4.62. The van der Waals surface area contributed by atoms with Crippen LogP contribution in [0.2, 0.25) is 0 Å². The maximum absolute atomic E-state index is 10.2. The summed E-state index contributed by atoms with van der Waals surface area (Å²) in [6.07, 6.45) is 6.09. The molecule has 1 saturated carbocycles. The minimum Gasteiger partial charge on any atom is -0.493 e. The van der Waals surface area contributed by atoms with Gasteiger partial charge in [-0.05, 0) is 72.5 Å². The van der Waals surface area contributed by atoms with E-state index >= 15 is 0 Å². The summed E-state index contributed by atoms with van der Waals surface area (Å²) in [5.41, 5.74) is 3.96. The number of methoxy groups -OCH3 is 2. The first-order valence-corrected chi connectivity index (χ1v) is 15.7. The lowest BCUT2D eigenvalue weighted by atomic mass is 10.0. The molecule has 1 aliphatic heterocycles. The SMILES string of the molecule is C1CCCC1.COc1ccccc1OCC(O)c1ccc(C)c(C)c1.COc1ccccc1OCC(O)c1ccc2c(c1)OCO2. The lowest BCUT2D eigenvalue weighted by molar-refractivity contribution is 0.106. The predicted octanol–water partition coefficient (Wildman–Crippen LogP) is 7.91. The molecule has 2 unspecified atom stereocenters. The molecule has 1 fully saturated rings. The Kier molecular flexibility index (Phi) is 13.4. The number of hydrogen-bond donors (Lipinski definition) is 2. The van der Waals surface area contributed by atoms with E-state index < -0.39 is 12.2 Å². The van der Waals surface area contributed by atoms with Gasteiger partial charge in [0.25, 0.3) is 0 Å². The molecule has 1 aliphatic carbocycles. The molecule has 0 amide bonds. The molecule has 8 nitrogen and oxygen atoms in total. The van der Waals surface area contributed by atoms with E-state index in [2.05, 4.69) is 6.92 Å². The first-order chi connectivity index (χ1) is 22.4. The third-order valence-corrected chi connectivity index (χ3v) is 7.88. The van der Waals surface area contributed by atoms with Crippen LogP contribution in [0.4, 0.5) is 0 Å². The van der Waals surface area contributed by atoms with Gasteiger partial charge in [-0.3, -0.25) is 0 Å². The average molecular weight is 631 g/mol. The number of para-hydroxylation sites is 4. The van der Waals surface area contributed by atoms with Crippen molar-refractivity contribution >= 4 is 0 Å². The van der Waals surface area contributed by atoms with Crippen LogP contribution in [0.3, 0.4) is 0 Å². The monoisotopic (exact) mass is 630 g/mol. The van der Waals surface area contributed by atoms with E-state index in [-0.39, 0.29) is 20.0 Å². The number of rotatable bonds is 10. The minimum absolute atomic E-state index is 0.125. The Morgan fingerprint density at radius 2 is 1.02 bits per heavy atom. The Morgan fingerprint density at radius 1 is 0.565 bits per heavy atom. The van der Waals surface area contributed by atoms with Crippen LogP contribution in [0.25, 0.3) is 0 Å². The molecule has 0 saturated heterocycles. The molecule has 4 aromatic carbocycles. The number of benzene rings is 4. The standard InChI is InChI=1S/C17H20O3.C16H16O5.C5H10/c1-12-8-9-14(10-13(12)2)15(18)11-20-17-7-5-4-6-16(17)19-3;1-18-13-4-2-3-5-14(13)19-9-12(17)11-6-7-15-16(8-11)21-10-20-15;1-2-4-5-3-1/h4-10,15,18H,11H2,1-3H3;2-8,12,17H,9-10H2,1H3;1-5H2. The van der Waals surface area contributed by atoms with E-state index in [1.165, 1.54) is 43.2 Å². The highest BCUT2D eigenvalue weighted by Crippen LogP contribution is 2.35. The Bertz CT molecular complexity index is 1490. The van der Waals surface area contributed by atoms with Gasteiger partial charge in [-0.1, -0.05) is 80.6 Å². The van der Waals surface area contributed by atoms with E-state index in [1.54, 1.807) is 38.5 Å². The minimum atomic E-state index is -0.760. The van der Waals surface area contributed by atoms with Crippen molar-refractivity contribution in [2.24, 2.45) is 0 Å². The number of aliphatic hydroxyl groups excluding tert-OH is 2. The zero-order valence-corrected chi connectivity index (χ0v) is 27.2. The number of ether oxygens (including phenoxy) is 6. The average Bonchev–Trinajstić information content (AvgIpc) is 3.83. The molecule has 8 heteroatoms. The highest BCUT2D eigenvalue weighted by Gasteiger charge is 2.17. The Labute approximate surface area is 272 Å². The molecule has 0 bridgehead atoms. The third-order valence-electron chi connectivity index (χ3n) is 7.88. The fourth-order valence-corrected chi connectivity index (χ4v) is 4.98. The fraction of sp³-hybridized carbons (Fsp3) is 0.368. The zero-order valence-electron chi connectivity index (χ0n) is 27.2. The van der Waals surface area contributed by atoms with E-state index in [9.17, 15) is 10.2 Å².